The first-order valence-electron chi connectivity index (χ1n) is 9.45. The number of aromatic nitrogens is 2. The summed E-state index contributed by atoms with van der Waals surface area (Å²) in [6.07, 6.45) is 0.932. The fourth-order valence-electron chi connectivity index (χ4n) is 2.78. The Balaban J connectivity index is 1.90. The van der Waals surface area contributed by atoms with Crippen LogP contribution >= 0.6 is 11.8 Å². The van der Waals surface area contributed by atoms with Crippen molar-refractivity contribution < 1.29 is 14.3 Å². The zero-order valence-electron chi connectivity index (χ0n) is 17.2. The molecule has 29 heavy (non-hydrogen) atoms. The number of carbonyl (C=O) groups excluding carboxylic acids is 2. The van der Waals surface area contributed by atoms with Gasteiger partial charge in [-0.15, -0.1) is 0 Å². The van der Waals surface area contributed by atoms with Crippen molar-refractivity contribution in [3.63, 3.8) is 0 Å². The lowest BCUT2D eigenvalue weighted by molar-refractivity contribution is -0.139. The minimum Gasteiger partial charge on any atom is -0.469 e. The third-order valence-corrected chi connectivity index (χ3v) is 5.04. The molecule has 156 valence electrons. The molecule has 0 unspecified atom stereocenters. The number of methoxy groups -OCH3 is 1. The van der Waals surface area contributed by atoms with Gasteiger partial charge < -0.3 is 15.0 Å². The highest BCUT2D eigenvalue weighted by molar-refractivity contribution is 7.99. The standard InChI is InChI=1S/C21H27N3O4S/c1-13(2)9-15-5-7-16(8-6-15)14(3)22-19(26)12-29-21-23-17(10-18(25)24-21)11-20(27)28-4/h5-8,10,13-14H,9,11-12H2,1-4H3,(H,22,26)(H,23,24,25)/t14-/m0/s1. The number of hydrogen-bond acceptors (Lipinski definition) is 6. The van der Waals surface area contributed by atoms with Crippen LogP contribution in [0.1, 0.15) is 43.6 Å². The van der Waals surface area contributed by atoms with E-state index in [9.17, 15) is 14.4 Å². The first-order valence-corrected chi connectivity index (χ1v) is 10.4. The molecule has 0 spiro atoms. The number of ether oxygens (including phenoxy) is 1. The SMILES string of the molecule is COC(=O)Cc1cc(=O)[nH]c(SCC(=O)N[C@@H](C)c2ccc(CC(C)C)cc2)n1. The molecule has 0 saturated heterocycles. The van der Waals surface area contributed by atoms with E-state index in [0.717, 1.165) is 23.7 Å². The Morgan fingerprint density at radius 2 is 1.90 bits per heavy atom. The van der Waals surface area contributed by atoms with Gasteiger partial charge in [-0.25, -0.2) is 4.98 Å². The molecular formula is C21H27N3O4S. The van der Waals surface area contributed by atoms with Crippen molar-refractivity contribution in [1.29, 1.82) is 0 Å². The summed E-state index contributed by atoms with van der Waals surface area (Å²) in [5, 5.41) is 3.23. The molecule has 2 aromatic rings. The fraction of sp³-hybridized carbons (Fsp3) is 0.429. The normalized spacial score (nSPS) is 11.9. The third kappa shape index (κ3) is 7.73. The lowest BCUT2D eigenvalue weighted by Gasteiger charge is -2.15. The van der Waals surface area contributed by atoms with Crippen LogP contribution in [0.15, 0.2) is 40.3 Å². The summed E-state index contributed by atoms with van der Waals surface area (Å²) in [6.45, 7) is 6.29. The lowest BCUT2D eigenvalue weighted by atomic mass is 10.00. The van der Waals surface area contributed by atoms with Crippen molar-refractivity contribution in [1.82, 2.24) is 15.3 Å². The molecule has 1 heterocycles. The average molecular weight is 418 g/mol. The quantitative estimate of drug-likeness (QED) is 0.370. The molecule has 1 atom stereocenters. The molecule has 0 radical (unpaired) electrons. The highest BCUT2D eigenvalue weighted by Crippen LogP contribution is 2.17. The molecule has 2 rings (SSSR count). The molecule has 1 aromatic carbocycles. The maximum atomic E-state index is 12.3. The Morgan fingerprint density at radius 3 is 2.52 bits per heavy atom. The molecule has 1 aromatic heterocycles. The van der Waals surface area contributed by atoms with Crippen LogP contribution in [0.25, 0.3) is 0 Å². The van der Waals surface area contributed by atoms with E-state index in [1.165, 1.54) is 18.7 Å². The van der Waals surface area contributed by atoms with E-state index in [0.29, 0.717) is 11.6 Å². The topological polar surface area (TPSA) is 101 Å². The van der Waals surface area contributed by atoms with E-state index >= 15 is 0 Å². The van der Waals surface area contributed by atoms with Crippen LogP contribution in [0, 0.1) is 5.92 Å². The fourth-order valence-corrected chi connectivity index (χ4v) is 3.48. The number of nitrogens with zero attached hydrogens (tertiary/aromatic N) is 1. The Morgan fingerprint density at radius 1 is 1.21 bits per heavy atom. The molecule has 0 fully saturated rings. The van der Waals surface area contributed by atoms with E-state index in [1.807, 2.05) is 19.1 Å². The number of aromatic amines is 1. The number of amides is 1. The van der Waals surface area contributed by atoms with E-state index in [-0.39, 0.29) is 34.8 Å². The highest BCUT2D eigenvalue weighted by Gasteiger charge is 2.12. The minimum absolute atomic E-state index is 0.0932. The van der Waals surface area contributed by atoms with Crippen LogP contribution in [0.2, 0.25) is 0 Å². The lowest BCUT2D eigenvalue weighted by Crippen LogP contribution is -2.28. The van der Waals surface area contributed by atoms with Gasteiger partial charge in [0.25, 0.3) is 5.56 Å². The predicted octanol–water partition coefficient (Wildman–Crippen LogP) is 2.65. The number of esters is 1. The number of nitrogens with one attached hydrogen (secondary N) is 2. The zero-order valence-corrected chi connectivity index (χ0v) is 18.0. The molecule has 0 saturated carbocycles. The van der Waals surface area contributed by atoms with Gasteiger partial charge >= 0.3 is 5.97 Å². The minimum atomic E-state index is -0.481. The monoisotopic (exact) mass is 417 g/mol. The number of carbonyl (C=O) groups is 2. The van der Waals surface area contributed by atoms with E-state index < -0.39 is 5.97 Å². The second-order valence-corrected chi connectivity index (χ2v) is 8.18. The summed E-state index contributed by atoms with van der Waals surface area (Å²) < 4.78 is 4.58. The van der Waals surface area contributed by atoms with Crippen molar-refractivity contribution in [2.24, 2.45) is 5.92 Å². The van der Waals surface area contributed by atoms with Crippen LogP contribution in [0.5, 0.6) is 0 Å². The van der Waals surface area contributed by atoms with E-state index in [4.69, 9.17) is 0 Å². The van der Waals surface area contributed by atoms with Gasteiger partial charge in [0.15, 0.2) is 5.16 Å². The van der Waals surface area contributed by atoms with Gasteiger partial charge in [-0.3, -0.25) is 14.4 Å². The first-order chi connectivity index (χ1) is 13.8. The largest absolute Gasteiger partial charge is 0.469 e. The van der Waals surface area contributed by atoms with Crippen LogP contribution in [-0.4, -0.2) is 34.7 Å². The summed E-state index contributed by atoms with van der Waals surface area (Å²) in [5.74, 6) is 0.0430. The van der Waals surface area contributed by atoms with Gasteiger partial charge in [-0.05, 0) is 30.4 Å². The van der Waals surface area contributed by atoms with E-state index in [1.54, 1.807) is 0 Å². The third-order valence-electron chi connectivity index (χ3n) is 4.17. The summed E-state index contributed by atoms with van der Waals surface area (Å²) >= 11 is 1.11. The Kier molecular flexibility index (Phi) is 8.45. The van der Waals surface area contributed by atoms with Crippen LogP contribution in [-0.2, 0) is 27.2 Å². The van der Waals surface area contributed by atoms with Crippen LogP contribution in [0.4, 0.5) is 0 Å². The van der Waals surface area contributed by atoms with Crippen molar-refractivity contribution in [3.8, 4) is 0 Å². The zero-order chi connectivity index (χ0) is 21.4. The number of benzene rings is 1. The molecule has 0 aliphatic heterocycles. The van der Waals surface area contributed by atoms with Gasteiger partial charge in [-0.2, -0.15) is 0 Å². The van der Waals surface area contributed by atoms with Crippen molar-refractivity contribution in [2.45, 2.75) is 44.8 Å². The summed E-state index contributed by atoms with van der Waals surface area (Å²) in [7, 11) is 1.27. The van der Waals surface area contributed by atoms with Gasteiger partial charge in [0.1, 0.15) is 0 Å². The van der Waals surface area contributed by atoms with Gasteiger partial charge in [0.05, 0.1) is 31.0 Å². The first kappa shape index (κ1) is 22.7. The molecular weight excluding hydrogens is 390 g/mol. The molecule has 0 bridgehead atoms. The molecule has 0 aliphatic rings. The number of H-pyrrole nitrogens is 1. The molecule has 2 N–H and O–H groups in total. The average Bonchev–Trinajstić information content (AvgIpc) is 2.66. The molecule has 1 amide bonds. The molecule has 7 nitrogen and oxygen atoms in total. The second kappa shape index (κ2) is 10.8. The highest BCUT2D eigenvalue weighted by atomic mass is 32.2. The van der Waals surface area contributed by atoms with Crippen molar-refractivity contribution >= 4 is 23.6 Å². The number of hydrogen-bond donors (Lipinski definition) is 2. The van der Waals surface area contributed by atoms with Crippen LogP contribution in [0.3, 0.4) is 0 Å². The summed E-state index contributed by atoms with van der Waals surface area (Å²) in [6, 6.07) is 9.36. The number of thioether (sulfide) groups is 1. The van der Waals surface area contributed by atoms with Gasteiger partial charge in [0, 0.05) is 6.07 Å². The smallest absolute Gasteiger partial charge is 0.311 e. The molecule has 0 aliphatic carbocycles. The summed E-state index contributed by atoms with van der Waals surface area (Å²) in [4.78, 5) is 42.1. The summed E-state index contributed by atoms with van der Waals surface area (Å²) in [5.41, 5.74) is 2.23. The van der Waals surface area contributed by atoms with Crippen molar-refractivity contribution in [3.05, 3.63) is 57.5 Å². The Labute approximate surface area is 174 Å². The second-order valence-electron chi connectivity index (χ2n) is 7.21. The van der Waals surface area contributed by atoms with E-state index in [2.05, 4.69) is 46.0 Å². The number of rotatable bonds is 9. The Hall–Kier alpha value is -2.61. The maximum absolute atomic E-state index is 12.3. The predicted molar refractivity (Wildman–Crippen MR) is 113 cm³/mol. The van der Waals surface area contributed by atoms with Gasteiger partial charge in [-0.1, -0.05) is 49.9 Å². The van der Waals surface area contributed by atoms with Crippen LogP contribution < -0.4 is 10.9 Å². The van der Waals surface area contributed by atoms with Crippen molar-refractivity contribution in [2.75, 3.05) is 12.9 Å². The van der Waals surface area contributed by atoms with Gasteiger partial charge in [0.2, 0.25) is 5.91 Å². The molecule has 8 heteroatoms. The maximum Gasteiger partial charge on any atom is 0.311 e. The Bertz CT molecular complexity index is 894.